The second-order valence-electron chi connectivity index (χ2n) is 4.02. The van der Waals surface area contributed by atoms with Crippen molar-refractivity contribution in [1.82, 2.24) is 10.3 Å². The first-order valence-corrected chi connectivity index (χ1v) is 6.95. The number of halogens is 1. The van der Waals surface area contributed by atoms with E-state index in [-0.39, 0.29) is 0 Å². The normalized spacial score (nSPS) is 12.2. The summed E-state index contributed by atoms with van der Waals surface area (Å²) in [5.74, 6) is 0. The molecule has 2 aromatic rings. The van der Waals surface area contributed by atoms with Gasteiger partial charge in [-0.05, 0) is 54.1 Å². The fourth-order valence-electron chi connectivity index (χ4n) is 1.87. The van der Waals surface area contributed by atoms with Crippen molar-refractivity contribution in [3.05, 3.63) is 45.7 Å². The van der Waals surface area contributed by atoms with Crippen molar-refractivity contribution in [3.63, 3.8) is 0 Å². The van der Waals surface area contributed by atoms with Crippen molar-refractivity contribution in [1.29, 1.82) is 0 Å². The molecule has 0 saturated heterocycles. The number of aromatic amines is 1. The molecule has 0 bridgehead atoms. The summed E-state index contributed by atoms with van der Waals surface area (Å²) < 4.78 is 1.36. The molecule has 90 valence electrons. The van der Waals surface area contributed by atoms with E-state index in [0.29, 0.717) is 0 Å². The van der Waals surface area contributed by atoms with Gasteiger partial charge in [-0.25, -0.2) is 0 Å². The molecule has 17 heavy (non-hydrogen) atoms. The topological polar surface area (TPSA) is 27.8 Å². The zero-order valence-electron chi connectivity index (χ0n) is 9.96. The van der Waals surface area contributed by atoms with E-state index in [4.69, 9.17) is 0 Å². The number of nitrogens with one attached hydrogen (secondary N) is 2. The first-order chi connectivity index (χ1) is 8.31. The Morgan fingerprint density at radius 1 is 1.41 bits per heavy atom. The highest BCUT2D eigenvalue weighted by atomic mass is 127. The summed E-state index contributed by atoms with van der Waals surface area (Å²) in [6.07, 6.45) is 5.32. The lowest BCUT2D eigenvalue weighted by Crippen LogP contribution is -2.18. The third-order valence-corrected chi connectivity index (χ3v) is 3.86. The maximum atomic E-state index is 3.45. The third-order valence-electron chi connectivity index (χ3n) is 2.85. The van der Waals surface area contributed by atoms with Crippen LogP contribution in [0, 0.1) is 0 Å². The standard InChI is InChI=1S/C14H17IN2/c1-2-12(15)10-16-8-7-11-9-17-14-6-4-3-5-13(11)14/h2-6,9,16-17H,7-8,10H2,1H3/b12-2-. The van der Waals surface area contributed by atoms with Crippen molar-refractivity contribution in [2.24, 2.45) is 0 Å². The second-order valence-corrected chi connectivity index (χ2v) is 5.41. The molecule has 0 spiro atoms. The van der Waals surface area contributed by atoms with E-state index in [1.54, 1.807) is 0 Å². The van der Waals surface area contributed by atoms with Gasteiger partial charge in [-0.3, -0.25) is 0 Å². The summed E-state index contributed by atoms with van der Waals surface area (Å²) in [5.41, 5.74) is 2.62. The molecule has 0 fully saturated rings. The largest absolute Gasteiger partial charge is 0.361 e. The Balaban J connectivity index is 1.91. The number of fused-ring (bicyclic) bond motifs is 1. The highest BCUT2D eigenvalue weighted by molar-refractivity contribution is 14.1. The van der Waals surface area contributed by atoms with Gasteiger partial charge >= 0.3 is 0 Å². The molecule has 1 aromatic carbocycles. The maximum Gasteiger partial charge on any atom is 0.0456 e. The number of hydrogen-bond donors (Lipinski definition) is 2. The van der Waals surface area contributed by atoms with Gasteiger partial charge in [0.1, 0.15) is 0 Å². The molecule has 0 atom stereocenters. The Bertz CT molecular complexity index is 514. The Kier molecular flexibility index (Phi) is 4.62. The number of benzene rings is 1. The van der Waals surface area contributed by atoms with Gasteiger partial charge in [0.15, 0.2) is 0 Å². The highest BCUT2D eigenvalue weighted by Crippen LogP contribution is 2.17. The summed E-state index contributed by atoms with van der Waals surface area (Å²) in [7, 11) is 0. The molecular formula is C14H17IN2. The van der Waals surface area contributed by atoms with Crippen LogP contribution in [0.15, 0.2) is 40.1 Å². The number of aromatic nitrogens is 1. The summed E-state index contributed by atoms with van der Waals surface area (Å²) in [5, 5.41) is 4.79. The maximum absolute atomic E-state index is 3.45. The van der Waals surface area contributed by atoms with Crippen molar-refractivity contribution >= 4 is 33.5 Å². The molecule has 0 radical (unpaired) electrons. The SMILES string of the molecule is C/C=C(\I)CNCCc1c[nH]c2ccccc12. The predicted molar refractivity (Wildman–Crippen MR) is 82.6 cm³/mol. The molecule has 2 N–H and O–H groups in total. The number of para-hydroxylation sites is 1. The molecular weight excluding hydrogens is 323 g/mol. The van der Waals surface area contributed by atoms with E-state index in [9.17, 15) is 0 Å². The summed E-state index contributed by atoms with van der Waals surface area (Å²) in [6.45, 7) is 4.06. The molecule has 1 aromatic heterocycles. The Labute approximate surface area is 116 Å². The van der Waals surface area contributed by atoms with Gasteiger partial charge in [0, 0.05) is 27.2 Å². The third kappa shape index (κ3) is 3.33. The summed E-state index contributed by atoms with van der Waals surface area (Å²) >= 11 is 2.37. The molecule has 0 unspecified atom stereocenters. The van der Waals surface area contributed by atoms with Gasteiger partial charge in [0.2, 0.25) is 0 Å². The van der Waals surface area contributed by atoms with Crippen LogP contribution in [0.4, 0.5) is 0 Å². The van der Waals surface area contributed by atoms with Crippen molar-refractivity contribution in [2.45, 2.75) is 13.3 Å². The average Bonchev–Trinajstić information content (AvgIpc) is 2.78. The molecule has 3 heteroatoms. The van der Waals surface area contributed by atoms with Gasteiger partial charge in [0.05, 0.1) is 0 Å². The number of hydrogen-bond acceptors (Lipinski definition) is 1. The second kappa shape index (κ2) is 6.21. The van der Waals surface area contributed by atoms with Gasteiger partial charge in [-0.15, -0.1) is 0 Å². The summed E-state index contributed by atoms with van der Waals surface area (Å²) in [6, 6.07) is 8.46. The Morgan fingerprint density at radius 3 is 3.06 bits per heavy atom. The van der Waals surface area contributed by atoms with E-state index in [1.165, 1.54) is 20.0 Å². The fourth-order valence-corrected chi connectivity index (χ4v) is 2.14. The minimum Gasteiger partial charge on any atom is -0.361 e. The molecule has 0 aliphatic rings. The predicted octanol–water partition coefficient (Wildman–Crippen LogP) is 3.64. The van der Waals surface area contributed by atoms with Crippen LogP contribution in [0.5, 0.6) is 0 Å². The van der Waals surface area contributed by atoms with Crippen LogP contribution in [0.3, 0.4) is 0 Å². The van der Waals surface area contributed by atoms with Gasteiger partial charge in [0.25, 0.3) is 0 Å². The highest BCUT2D eigenvalue weighted by Gasteiger charge is 2.01. The Morgan fingerprint density at radius 2 is 2.24 bits per heavy atom. The van der Waals surface area contributed by atoms with Crippen LogP contribution in [-0.4, -0.2) is 18.1 Å². The van der Waals surface area contributed by atoms with Gasteiger partial charge in [-0.1, -0.05) is 24.3 Å². The molecule has 0 aliphatic carbocycles. The first kappa shape index (κ1) is 12.6. The van der Waals surface area contributed by atoms with Crippen LogP contribution < -0.4 is 5.32 Å². The lowest BCUT2D eigenvalue weighted by atomic mass is 10.1. The van der Waals surface area contributed by atoms with E-state index >= 15 is 0 Å². The zero-order chi connectivity index (χ0) is 12.1. The number of allylic oxidation sites excluding steroid dienone is 1. The van der Waals surface area contributed by atoms with E-state index in [0.717, 1.165) is 19.5 Å². The minimum absolute atomic E-state index is 0.972. The van der Waals surface area contributed by atoms with Crippen LogP contribution in [0.2, 0.25) is 0 Å². The molecule has 0 aliphatic heterocycles. The first-order valence-electron chi connectivity index (χ1n) is 5.87. The van der Waals surface area contributed by atoms with Crippen molar-refractivity contribution < 1.29 is 0 Å². The minimum atomic E-state index is 0.972. The molecule has 0 amide bonds. The van der Waals surface area contributed by atoms with Crippen LogP contribution in [0.1, 0.15) is 12.5 Å². The van der Waals surface area contributed by atoms with E-state index < -0.39 is 0 Å². The monoisotopic (exact) mass is 340 g/mol. The molecule has 0 saturated carbocycles. The van der Waals surface area contributed by atoms with Crippen LogP contribution >= 0.6 is 22.6 Å². The molecule has 1 heterocycles. The quantitative estimate of drug-likeness (QED) is 0.631. The molecule has 2 rings (SSSR count). The zero-order valence-corrected chi connectivity index (χ0v) is 12.1. The van der Waals surface area contributed by atoms with E-state index in [1.807, 2.05) is 0 Å². The van der Waals surface area contributed by atoms with Crippen molar-refractivity contribution in [2.75, 3.05) is 13.1 Å². The Hall–Kier alpha value is -0.810. The number of H-pyrrole nitrogens is 1. The average molecular weight is 340 g/mol. The van der Waals surface area contributed by atoms with Gasteiger partial charge in [-0.2, -0.15) is 0 Å². The smallest absolute Gasteiger partial charge is 0.0456 e. The summed E-state index contributed by atoms with van der Waals surface area (Å²) in [4.78, 5) is 3.31. The lowest BCUT2D eigenvalue weighted by molar-refractivity contribution is 0.744. The van der Waals surface area contributed by atoms with Crippen LogP contribution in [0.25, 0.3) is 10.9 Å². The van der Waals surface area contributed by atoms with Gasteiger partial charge < -0.3 is 10.3 Å². The fraction of sp³-hybridized carbons (Fsp3) is 0.286. The number of rotatable bonds is 5. The lowest BCUT2D eigenvalue weighted by Gasteiger charge is -2.03. The molecule has 2 nitrogen and oxygen atoms in total. The van der Waals surface area contributed by atoms with Crippen LogP contribution in [-0.2, 0) is 6.42 Å². The van der Waals surface area contributed by atoms with Crippen molar-refractivity contribution in [3.8, 4) is 0 Å². The van der Waals surface area contributed by atoms with E-state index in [2.05, 4.69) is 76.4 Å².